The first-order valence-corrected chi connectivity index (χ1v) is 7.23. The standard InChI is InChI=1S/C14H31NO/c1-4-7-8-9-10-11-12-13-14-16-15(5-2)6-3/h4-14H2,1-3H3. The first-order valence-electron chi connectivity index (χ1n) is 7.23. The second-order valence-corrected chi connectivity index (χ2v) is 4.42. The van der Waals surface area contributed by atoms with Gasteiger partial charge in [-0.25, -0.2) is 0 Å². The van der Waals surface area contributed by atoms with E-state index in [2.05, 4.69) is 20.8 Å². The highest BCUT2D eigenvalue weighted by atomic mass is 16.7. The van der Waals surface area contributed by atoms with Gasteiger partial charge in [0.25, 0.3) is 0 Å². The van der Waals surface area contributed by atoms with Gasteiger partial charge in [-0.05, 0) is 6.42 Å². The largest absolute Gasteiger partial charge is 0.299 e. The molecule has 0 saturated heterocycles. The van der Waals surface area contributed by atoms with E-state index in [0.717, 1.165) is 19.7 Å². The zero-order valence-corrected chi connectivity index (χ0v) is 11.6. The van der Waals surface area contributed by atoms with E-state index in [1.807, 2.05) is 5.06 Å². The Morgan fingerprint density at radius 1 is 0.688 bits per heavy atom. The molecule has 2 nitrogen and oxygen atoms in total. The van der Waals surface area contributed by atoms with Crippen LogP contribution in [0.3, 0.4) is 0 Å². The van der Waals surface area contributed by atoms with Crippen molar-refractivity contribution < 1.29 is 4.84 Å². The monoisotopic (exact) mass is 229 g/mol. The molecule has 0 aromatic carbocycles. The molecule has 0 spiro atoms. The van der Waals surface area contributed by atoms with E-state index < -0.39 is 0 Å². The van der Waals surface area contributed by atoms with Crippen molar-refractivity contribution >= 4 is 0 Å². The number of hydrogen-bond donors (Lipinski definition) is 0. The van der Waals surface area contributed by atoms with Gasteiger partial charge < -0.3 is 0 Å². The molecule has 0 amide bonds. The van der Waals surface area contributed by atoms with Crippen molar-refractivity contribution in [3.63, 3.8) is 0 Å². The van der Waals surface area contributed by atoms with E-state index in [1.165, 1.54) is 51.4 Å². The molecule has 0 aromatic rings. The lowest BCUT2D eigenvalue weighted by Crippen LogP contribution is -2.23. The van der Waals surface area contributed by atoms with Gasteiger partial charge in [-0.1, -0.05) is 65.7 Å². The van der Waals surface area contributed by atoms with E-state index in [0.29, 0.717) is 0 Å². The zero-order valence-electron chi connectivity index (χ0n) is 11.6. The third-order valence-corrected chi connectivity index (χ3v) is 2.98. The summed E-state index contributed by atoms with van der Waals surface area (Å²) in [5.74, 6) is 0. The Morgan fingerprint density at radius 3 is 1.69 bits per heavy atom. The van der Waals surface area contributed by atoms with Gasteiger partial charge >= 0.3 is 0 Å². The molecule has 0 aliphatic carbocycles. The van der Waals surface area contributed by atoms with Crippen molar-refractivity contribution in [3.05, 3.63) is 0 Å². The van der Waals surface area contributed by atoms with Crippen LogP contribution < -0.4 is 0 Å². The summed E-state index contributed by atoms with van der Waals surface area (Å²) in [5.41, 5.74) is 0. The first kappa shape index (κ1) is 15.9. The normalized spacial score (nSPS) is 11.2. The summed E-state index contributed by atoms with van der Waals surface area (Å²) < 4.78 is 0. The predicted molar refractivity (Wildman–Crippen MR) is 71.5 cm³/mol. The summed E-state index contributed by atoms with van der Waals surface area (Å²) in [6, 6.07) is 0. The number of unbranched alkanes of at least 4 members (excludes halogenated alkanes) is 7. The molecule has 2 heteroatoms. The molecule has 0 aliphatic heterocycles. The van der Waals surface area contributed by atoms with Crippen LogP contribution in [0.1, 0.15) is 72.1 Å². The van der Waals surface area contributed by atoms with Crippen LogP contribution in [0.25, 0.3) is 0 Å². The second kappa shape index (κ2) is 13.0. The highest BCUT2D eigenvalue weighted by Crippen LogP contribution is 2.08. The van der Waals surface area contributed by atoms with E-state index in [9.17, 15) is 0 Å². The average Bonchev–Trinajstić information content (AvgIpc) is 2.32. The molecule has 0 saturated carbocycles. The minimum atomic E-state index is 0.899. The average molecular weight is 229 g/mol. The third-order valence-electron chi connectivity index (χ3n) is 2.98. The molecule has 0 unspecified atom stereocenters. The molecule has 0 bridgehead atoms. The smallest absolute Gasteiger partial charge is 0.0685 e. The Bertz CT molecular complexity index is 124. The maximum atomic E-state index is 5.62. The molecule has 0 atom stereocenters. The van der Waals surface area contributed by atoms with E-state index in [4.69, 9.17) is 4.84 Å². The molecular formula is C14H31NO. The molecule has 0 fully saturated rings. The van der Waals surface area contributed by atoms with E-state index in [1.54, 1.807) is 0 Å². The SMILES string of the molecule is CCCCCCCCCCON(CC)CC. The van der Waals surface area contributed by atoms with Crippen LogP contribution in [0.5, 0.6) is 0 Å². The van der Waals surface area contributed by atoms with Gasteiger partial charge in [0.2, 0.25) is 0 Å². The van der Waals surface area contributed by atoms with Crippen molar-refractivity contribution in [2.45, 2.75) is 72.1 Å². The van der Waals surface area contributed by atoms with Crippen LogP contribution >= 0.6 is 0 Å². The van der Waals surface area contributed by atoms with E-state index >= 15 is 0 Å². The molecule has 0 N–H and O–H groups in total. The summed E-state index contributed by atoms with van der Waals surface area (Å²) in [4.78, 5) is 5.62. The molecule has 0 radical (unpaired) electrons. The molecule has 0 rings (SSSR count). The molecule has 0 aromatic heterocycles. The van der Waals surface area contributed by atoms with Crippen LogP contribution in [0.15, 0.2) is 0 Å². The maximum Gasteiger partial charge on any atom is 0.0685 e. The Labute approximate surface area is 102 Å². The first-order chi connectivity index (χ1) is 7.85. The summed E-state index contributed by atoms with van der Waals surface area (Å²) in [6.45, 7) is 9.43. The van der Waals surface area contributed by atoms with E-state index in [-0.39, 0.29) is 0 Å². The minimum absolute atomic E-state index is 0.899. The Morgan fingerprint density at radius 2 is 1.19 bits per heavy atom. The quantitative estimate of drug-likeness (QED) is 0.363. The minimum Gasteiger partial charge on any atom is -0.299 e. The number of nitrogens with zero attached hydrogens (tertiary/aromatic N) is 1. The van der Waals surface area contributed by atoms with Crippen LogP contribution in [0.2, 0.25) is 0 Å². The van der Waals surface area contributed by atoms with Crippen LogP contribution in [0.4, 0.5) is 0 Å². The zero-order chi connectivity index (χ0) is 12.1. The van der Waals surface area contributed by atoms with Crippen LogP contribution in [-0.2, 0) is 4.84 Å². The lowest BCUT2D eigenvalue weighted by Gasteiger charge is -2.17. The highest BCUT2D eigenvalue weighted by molar-refractivity contribution is 4.45. The van der Waals surface area contributed by atoms with Crippen molar-refractivity contribution in [2.24, 2.45) is 0 Å². The van der Waals surface area contributed by atoms with Gasteiger partial charge in [-0.15, -0.1) is 0 Å². The Hall–Kier alpha value is -0.0800. The van der Waals surface area contributed by atoms with Crippen LogP contribution in [0, 0.1) is 0 Å². The summed E-state index contributed by atoms with van der Waals surface area (Å²) in [6.07, 6.45) is 10.9. The van der Waals surface area contributed by atoms with Crippen molar-refractivity contribution in [3.8, 4) is 0 Å². The van der Waals surface area contributed by atoms with Gasteiger partial charge in [0, 0.05) is 13.1 Å². The number of hydrogen-bond acceptors (Lipinski definition) is 2. The third kappa shape index (κ3) is 10.4. The molecule has 98 valence electrons. The van der Waals surface area contributed by atoms with Crippen molar-refractivity contribution in [1.29, 1.82) is 0 Å². The van der Waals surface area contributed by atoms with Crippen LogP contribution in [-0.4, -0.2) is 24.8 Å². The van der Waals surface area contributed by atoms with Crippen molar-refractivity contribution in [2.75, 3.05) is 19.7 Å². The Kier molecular flexibility index (Phi) is 12.9. The maximum absolute atomic E-state index is 5.62. The Balaban J connectivity index is 3.03. The fourth-order valence-corrected chi connectivity index (χ4v) is 1.84. The number of hydroxylamine groups is 2. The van der Waals surface area contributed by atoms with Crippen molar-refractivity contribution in [1.82, 2.24) is 5.06 Å². The molecular weight excluding hydrogens is 198 g/mol. The number of rotatable bonds is 12. The topological polar surface area (TPSA) is 12.5 Å². The highest BCUT2D eigenvalue weighted by Gasteiger charge is 1.98. The summed E-state index contributed by atoms with van der Waals surface area (Å²) in [7, 11) is 0. The molecule has 16 heavy (non-hydrogen) atoms. The summed E-state index contributed by atoms with van der Waals surface area (Å²) >= 11 is 0. The molecule has 0 heterocycles. The van der Waals surface area contributed by atoms with Gasteiger partial charge in [0.15, 0.2) is 0 Å². The summed E-state index contributed by atoms with van der Waals surface area (Å²) in [5, 5.41) is 2.03. The lowest BCUT2D eigenvalue weighted by atomic mass is 10.1. The second-order valence-electron chi connectivity index (χ2n) is 4.42. The fraction of sp³-hybridized carbons (Fsp3) is 1.00. The lowest BCUT2D eigenvalue weighted by molar-refractivity contribution is -0.153. The van der Waals surface area contributed by atoms with Gasteiger partial charge in [0.05, 0.1) is 6.61 Å². The van der Waals surface area contributed by atoms with Gasteiger partial charge in [-0.2, -0.15) is 5.06 Å². The van der Waals surface area contributed by atoms with Gasteiger partial charge in [0.1, 0.15) is 0 Å². The van der Waals surface area contributed by atoms with Gasteiger partial charge in [-0.3, -0.25) is 4.84 Å². The molecule has 0 aliphatic rings. The fourth-order valence-electron chi connectivity index (χ4n) is 1.84. The predicted octanol–water partition coefficient (Wildman–Crippen LogP) is 4.40.